The van der Waals surface area contributed by atoms with Crippen LogP contribution in [0.15, 0.2) is 48.5 Å². The molecule has 1 atom stereocenters. The summed E-state index contributed by atoms with van der Waals surface area (Å²) in [4.78, 5) is 50.4. The van der Waals surface area contributed by atoms with Gasteiger partial charge in [0.2, 0.25) is 5.96 Å². The van der Waals surface area contributed by atoms with Gasteiger partial charge < -0.3 is 24.6 Å². The van der Waals surface area contributed by atoms with Gasteiger partial charge in [-0.2, -0.15) is 0 Å². The van der Waals surface area contributed by atoms with Crippen molar-refractivity contribution in [1.82, 2.24) is 15.5 Å². The van der Waals surface area contributed by atoms with Gasteiger partial charge in [-0.05, 0) is 83.1 Å². The normalized spacial score (nSPS) is 13.1. The Bertz CT molecular complexity index is 1330. The fraction of sp³-hybridized carbons (Fsp3) is 0.469. The first-order valence-electron chi connectivity index (χ1n) is 14.5. The average molecular weight is 611 g/mol. The van der Waals surface area contributed by atoms with E-state index in [0.29, 0.717) is 0 Å². The van der Waals surface area contributed by atoms with Gasteiger partial charge in [0.05, 0.1) is 0 Å². The molecule has 0 bridgehead atoms. The summed E-state index contributed by atoms with van der Waals surface area (Å²) in [6, 6.07) is 14.6. The highest BCUT2D eigenvalue weighted by Gasteiger charge is 2.30. The van der Waals surface area contributed by atoms with Crippen molar-refractivity contribution in [2.24, 2.45) is 0 Å². The van der Waals surface area contributed by atoms with Gasteiger partial charge in [0.1, 0.15) is 23.9 Å². The number of carbonyl (C=O) groups excluding carboxylic acids is 3. The number of benzene rings is 2. The van der Waals surface area contributed by atoms with E-state index < -0.39 is 47.5 Å². The highest BCUT2D eigenvalue weighted by atomic mass is 16.6. The zero-order chi connectivity index (χ0) is 32.7. The number of carbonyl (C=O) groups is 4. The van der Waals surface area contributed by atoms with Crippen LogP contribution in [-0.2, 0) is 19.0 Å². The Balaban J connectivity index is 1.55. The van der Waals surface area contributed by atoms with E-state index in [1.807, 2.05) is 48.5 Å². The molecule has 3 rings (SSSR count). The molecule has 0 aliphatic heterocycles. The number of rotatable bonds is 9. The molecule has 0 aromatic heterocycles. The summed E-state index contributed by atoms with van der Waals surface area (Å²) < 4.78 is 16.0. The molecule has 0 spiro atoms. The highest BCUT2D eigenvalue weighted by molar-refractivity contribution is 5.99. The minimum Gasteiger partial charge on any atom is -0.480 e. The van der Waals surface area contributed by atoms with Crippen LogP contribution in [0.1, 0.15) is 77.8 Å². The molecule has 1 aliphatic rings. The maximum absolute atomic E-state index is 12.8. The first-order chi connectivity index (χ1) is 20.6. The summed E-state index contributed by atoms with van der Waals surface area (Å²) in [6.45, 7) is 9.98. The Kier molecular flexibility index (Phi) is 11.0. The van der Waals surface area contributed by atoms with Crippen LogP contribution < -0.4 is 10.6 Å². The number of fused-ring (bicyclic) bond motifs is 3. The van der Waals surface area contributed by atoms with Crippen molar-refractivity contribution in [1.29, 1.82) is 5.41 Å². The monoisotopic (exact) mass is 610 g/mol. The lowest BCUT2D eigenvalue weighted by Crippen LogP contribution is -2.49. The second kappa shape index (κ2) is 14.2. The Labute approximate surface area is 257 Å². The van der Waals surface area contributed by atoms with Gasteiger partial charge in [-0.25, -0.2) is 24.1 Å². The van der Waals surface area contributed by atoms with Gasteiger partial charge in [0.25, 0.3) is 0 Å². The van der Waals surface area contributed by atoms with Crippen LogP contribution >= 0.6 is 0 Å². The van der Waals surface area contributed by atoms with E-state index in [-0.39, 0.29) is 38.3 Å². The third-order valence-electron chi connectivity index (χ3n) is 6.56. The summed E-state index contributed by atoms with van der Waals surface area (Å²) in [5.74, 6) is -1.94. The molecule has 1 aliphatic carbocycles. The number of hydrogen-bond donors (Lipinski definition) is 4. The molecular weight excluding hydrogens is 568 g/mol. The van der Waals surface area contributed by atoms with Gasteiger partial charge in [-0.15, -0.1) is 0 Å². The zero-order valence-electron chi connectivity index (χ0n) is 26.1. The Morgan fingerprint density at radius 1 is 0.864 bits per heavy atom. The molecule has 0 saturated carbocycles. The molecule has 4 N–H and O–H groups in total. The van der Waals surface area contributed by atoms with Crippen LogP contribution in [-0.4, -0.2) is 70.6 Å². The van der Waals surface area contributed by atoms with Crippen molar-refractivity contribution in [3.05, 3.63) is 59.7 Å². The van der Waals surface area contributed by atoms with E-state index in [4.69, 9.17) is 19.6 Å². The van der Waals surface area contributed by atoms with Crippen molar-refractivity contribution in [3.63, 3.8) is 0 Å². The topological polar surface area (TPSA) is 167 Å². The van der Waals surface area contributed by atoms with Gasteiger partial charge in [0.15, 0.2) is 0 Å². The number of hydrogen-bond acceptors (Lipinski definition) is 8. The third-order valence-corrected chi connectivity index (χ3v) is 6.56. The lowest BCUT2D eigenvalue weighted by molar-refractivity contribution is -0.139. The molecule has 0 saturated heterocycles. The van der Waals surface area contributed by atoms with Crippen LogP contribution in [0.4, 0.5) is 14.4 Å². The number of ether oxygens (including phenoxy) is 3. The summed E-state index contributed by atoms with van der Waals surface area (Å²) in [5, 5.41) is 22.6. The van der Waals surface area contributed by atoms with Gasteiger partial charge >= 0.3 is 24.2 Å². The minimum atomic E-state index is -1.24. The van der Waals surface area contributed by atoms with Crippen molar-refractivity contribution in [3.8, 4) is 11.1 Å². The fourth-order valence-corrected chi connectivity index (χ4v) is 4.74. The van der Waals surface area contributed by atoms with E-state index in [9.17, 15) is 24.3 Å². The largest absolute Gasteiger partial charge is 0.480 e. The van der Waals surface area contributed by atoms with Crippen LogP contribution in [0.5, 0.6) is 0 Å². The Morgan fingerprint density at radius 3 is 1.93 bits per heavy atom. The molecule has 44 heavy (non-hydrogen) atoms. The summed E-state index contributed by atoms with van der Waals surface area (Å²) in [7, 11) is 0. The predicted molar refractivity (Wildman–Crippen MR) is 164 cm³/mol. The first-order valence-corrected chi connectivity index (χ1v) is 14.5. The summed E-state index contributed by atoms with van der Waals surface area (Å²) in [6.07, 6.45) is -2.07. The van der Waals surface area contributed by atoms with Crippen LogP contribution in [0, 0.1) is 5.41 Å². The van der Waals surface area contributed by atoms with Crippen molar-refractivity contribution < 1.29 is 38.5 Å². The van der Waals surface area contributed by atoms with Crippen LogP contribution in [0.25, 0.3) is 11.1 Å². The summed E-state index contributed by atoms with van der Waals surface area (Å²) >= 11 is 0. The molecule has 0 fully saturated rings. The van der Waals surface area contributed by atoms with Gasteiger partial charge in [0, 0.05) is 12.5 Å². The number of alkyl carbamates (subject to hydrolysis) is 2. The molecule has 2 aromatic carbocycles. The molecule has 12 heteroatoms. The third kappa shape index (κ3) is 9.72. The Hall–Kier alpha value is -4.61. The van der Waals surface area contributed by atoms with Crippen LogP contribution in [0.3, 0.4) is 0 Å². The van der Waals surface area contributed by atoms with E-state index >= 15 is 0 Å². The van der Waals surface area contributed by atoms with Crippen LogP contribution in [0.2, 0.25) is 0 Å². The van der Waals surface area contributed by atoms with Crippen molar-refractivity contribution in [2.75, 3.05) is 13.2 Å². The molecule has 0 radical (unpaired) electrons. The molecule has 3 amide bonds. The molecular formula is C32H42N4O8. The number of aliphatic carboxylic acids is 1. The van der Waals surface area contributed by atoms with E-state index in [1.165, 1.54) is 0 Å². The SMILES string of the molecule is CC(C)(C)OC(=O)NC(=N)N(CCCC[C@H](NC(=O)OCC1c2ccccc2-c2ccccc21)C(=O)O)C(=O)OC(C)(C)C. The molecule has 12 nitrogen and oxygen atoms in total. The second-order valence-corrected chi connectivity index (χ2v) is 12.5. The van der Waals surface area contributed by atoms with E-state index in [2.05, 4.69) is 10.6 Å². The van der Waals surface area contributed by atoms with E-state index in [1.54, 1.807) is 41.5 Å². The Morgan fingerprint density at radius 2 is 1.41 bits per heavy atom. The van der Waals surface area contributed by atoms with E-state index in [0.717, 1.165) is 27.2 Å². The quantitative estimate of drug-likeness (QED) is 0.119. The number of carboxylic acid groups (broad SMARTS) is 1. The lowest BCUT2D eigenvalue weighted by Gasteiger charge is -2.28. The maximum Gasteiger partial charge on any atom is 0.417 e. The number of guanidine groups is 1. The molecule has 238 valence electrons. The second-order valence-electron chi connectivity index (χ2n) is 12.5. The number of nitrogens with one attached hydrogen (secondary N) is 3. The van der Waals surface area contributed by atoms with Gasteiger partial charge in [-0.1, -0.05) is 48.5 Å². The minimum absolute atomic E-state index is 0.0362. The smallest absolute Gasteiger partial charge is 0.417 e. The fourth-order valence-electron chi connectivity index (χ4n) is 4.74. The van der Waals surface area contributed by atoms with Gasteiger partial charge in [-0.3, -0.25) is 10.7 Å². The standard InChI is InChI=1S/C32H42N4O8/c1-31(2,3)43-29(40)35-27(33)36(30(41)44-32(4,5)6)18-12-11-17-25(26(37)38)34-28(39)42-19-24-22-15-9-7-13-20(22)21-14-8-10-16-23(21)24/h7-10,13-16,24-25H,11-12,17-19H2,1-6H3,(H,34,39)(H,37,38)(H2,33,35,40)/t25-/m0/s1. The maximum atomic E-state index is 12.8. The number of carboxylic acids is 1. The molecule has 0 unspecified atom stereocenters. The predicted octanol–water partition coefficient (Wildman–Crippen LogP) is 5.85. The first kappa shape index (κ1) is 33.9. The number of unbranched alkanes of at least 4 members (excludes halogenated alkanes) is 1. The zero-order valence-corrected chi connectivity index (χ0v) is 26.1. The number of nitrogens with zero attached hydrogens (tertiary/aromatic N) is 1. The lowest BCUT2D eigenvalue weighted by atomic mass is 9.98. The summed E-state index contributed by atoms with van der Waals surface area (Å²) in [5.41, 5.74) is 2.57. The average Bonchev–Trinajstić information content (AvgIpc) is 3.22. The molecule has 2 aromatic rings. The molecule has 0 heterocycles. The van der Waals surface area contributed by atoms with Crippen molar-refractivity contribution in [2.45, 2.75) is 84.0 Å². The van der Waals surface area contributed by atoms with Crippen molar-refractivity contribution >= 4 is 30.2 Å². The highest BCUT2D eigenvalue weighted by Crippen LogP contribution is 2.44. The number of amides is 3.